The van der Waals surface area contributed by atoms with Gasteiger partial charge in [-0.25, -0.2) is 4.79 Å². The van der Waals surface area contributed by atoms with Gasteiger partial charge >= 0.3 is 6.03 Å². The first-order chi connectivity index (χ1) is 8.67. The van der Waals surface area contributed by atoms with E-state index in [1.807, 2.05) is 4.90 Å². The number of nitrogens with two attached hydrogens (primary N) is 1. The molecule has 0 saturated heterocycles. The molecule has 98 valence electrons. The van der Waals surface area contributed by atoms with Crippen molar-refractivity contribution in [3.8, 4) is 0 Å². The Morgan fingerprint density at radius 1 is 1.44 bits per heavy atom. The minimum atomic E-state index is -0.295. The third kappa shape index (κ3) is 1.66. The summed E-state index contributed by atoms with van der Waals surface area (Å²) >= 11 is 0. The van der Waals surface area contributed by atoms with E-state index in [9.17, 15) is 4.79 Å². The van der Waals surface area contributed by atoms with Crippen LogP contribution in [0.5, 0.6) is 0 Å². The Hall–Kier alpha value is -1.32. The van der Waals surface area contributed by atoms with Crippen LogP contribution in [-0.2, 0) is 0 Å². The van der Waals surface area contributed by atoms with E-state index in [2.05, 4.69) is 11.6 Å². The number of hydrogen-bond donors (Lipinski definition) is 1. The summed E-state index contributed by atoms with van der Waals surface area (Å²) in [6.45, 7) is 4.30. The first kappa shape index (κ1) is 11.8. The van der Waals surface area contributed by atoms with E-state index >= 15 is 0 Å². The van der Waals surface area contributed by atoms with Crippen LogP contribution < -0.4 is 5.73 Å². The van der Waals surface area contributed by atoms with Crippen LogP contribution in [0.15, 0.2) is 17.6 Å². The molecule has 1 spiro atoms. The monoisotopic (exact) mass is 247 g/mol. The summed E-state index contributed by atoms with van der Waals surface area (Å²) in [7, 11) is 0. The number of carbonyl (C=O) groups is 1. The molecule has 0 radical (unpaired) electrons. The molecule has 0 aromatic heterocycles. The molecule has 2 amide bonds. The fourth-order valence-electron chi connectivity index (χ4n) is 3.71. The Morgan fingerprint density at radius 3 is 2.89 bits per heavy atom. The SMILES string of the molecule is C=CCN1C(=O)N=C(N)C12CCCC(C1CC1)C2. The second-order valence-electron chi connectivity index (χ2n) is 5.90. The fourth-order valence-corrected chi connectivity index (χ4v) is 3.71. The summed E-state index contributed by atoms with van der Waals surface area (Å²) in [6.07, 6.45) is 8.89. The van der Waals surface area contributed by atoms with E-state index in [4.69, 9.17) is 5.73 Å². The molecule has 18 heavy (non-hydrogen) atoms. The Labute approximate surface area is 108 Å². The van der Waals surface area contributed by atoms with E-state index in [-0.39, 0.29) is 11.6 Å². The third-order valence-electron chi connectivity index (χ3n) is 4.81. The average molecular weight is 247 g/mol. The summed E-state index contributed by atoms with van der Waals surface area (Å²) in [5.41, 5.74) is 5.80. The molecule has 0 aromatic rings. The molecule has 2 fully saturated rings. The molecular weight excluding hydrogens is 226 g/mol. The number of amidine groups is 1. The van der Waals surface area contributed by atoms with E-state index in [1.54, 1.807) is 6.08 Å². The van der Waals surface area contributed by atoms with Crippen LogP contribution >= 0.6 is 0 Å². The van der Waals surface area contributed by atoms with Gasteiger partial charge in [-0.2, -0.15) is 4.99 Å². The van der Waals surface area contributed by atoms with Crippen LogP contribution in [0.1, 0.15) is 38.5 Å². The van der Waals surface area contributed by atoms with E-state index in [1.165, 1.54) is 19.3 Å². The number of urea groups is 1. The van der Waals surface area contributed by atoms with Gasteiger partial charge in [0.2, 0.25) is 0 Å². The van der Waals surface area contributed by atoms with Crippen molar-refractivity contribution in [2.75, 3.05) is 6.54 Å². The minimum Gasteiger partial charge on any atom is -0.385 e. The summed E-state index contributed by atoms with van der Waals surface area (Å²) in [5, 5.41) is 0. The average Bonchev–Trinajstić information content (AvgIpc) is 3.16. The largest absolute Gasteiger partial charge is 0.385 e. The second kappa shape index (κ2) is 4.11. The molecule has 4 nitrogen and oxygen atoms in total. The Bertz CT molecular complexity index is 413. The molecule has 2 saturated carbocycles. The number of rotatable bonds is 3. The Morgan fingerprint density at radius 2 is 2.22 bits per heavy atom. The van der Waals surface area contributed by atoms with Gasteiger partial charge in [-0.1, -0.05) is 12.5 Å². The number of nitrogens with zero attached hydrogens (tertiary/aromatic N) is 2. The topological polar surface area (TPSA) is 58.7 Å². The van der Waals surface area contributed by atoms with Gasteiger partial charge in [0.25, 0.3) is 0 Å². The Kier molecular flexibility index (Phi) is 2.68. The smallest absolute Gasteiger partial charge is 0.346 e. The number of aliphatic imine (C=N–C) groups is 1. The lowest BCUT2D eigenvalue weighted by molar-refractivity contribution is 0.122. The molecule has 1 heterocycles. The first-order valence-corrected chi connectivity index (χ1v) is 6.94. The van der Waals surface area contributed by atoms with Gasteiger partial charge in [-0.3, -0.25) is 0 Å². The zero-order chi connectivity index (χ0) is 12.8. The number of amides is 2. The maximum Gasteiger partial charge on any atom is 0.346 e. The highest BCUT2D eigenvalue weighted by molar-refractivity contribution is 6.06. The lowest BCUT2D eigenvalue weighted by Gasteiger charge is -2.43. The maximum atomic E-state index is 12.0. The summed E-state index contributed by atoms with van der Waals surface area (Å²) < 4.78 is 0. The molecule has 3 aliphatic rings. The molecule has 2 N–H and O–H groups in total. The predicted molar refractivity (Wildman–Crippen MR) is 71.3 cm³/mol. The lowest BCUT2D eigenvalue weighted by atomic mass is 9.72. The van der Waals surface area contributed by atoms with Gasteiger partial charge in [0.1, 0.15) is 11.4 Å². The molecule has 2 atom stereocenters. The van der Waals surface area contributed by atoms with E-state index in [0.29, 0.717) is 12.4 Å². The van der Waals surface area contributed by atoms with E-state index in [0.717, 1.165) is 31.1 Å². The van der Waals surface area contributed by atoms with Gasteiger partial charge < -0.3 is 10.6 Å². The summed E-state index contributed by atoms with van der Waals surface area (Å²) in [6, 6.07) is -0.177. The quantitative estimate of drug-likeness (QED) is 0.778. The second-order valence-corrected chi connectivity index (χ2v) is 5.90. The molecule has 2 aliphatic carbocycles. The van der Waals surface area contributed by atoms with Crippen molar-refractivity contribution < 1.29 is 4.79 Å². The molecule has 3 rings (SSSR count). The molecule has 2 unspecified atom stereocenters. The van der Waals surface area contributed by atoms with Crippen molar-refractivity contribution in [1.82, 2.24) is 4.90 Å². The fraction of sp³-hybridized carbons (Fsp3) is 0.714. The van der Waals surface area contributed by atoms with Crippen LogP contribution in [0.25, 0.3) is 0 Å². The van der Waals surface area contributed by atoms with Gasteiger partial charge in [0.15, 0.2) is 0 Å². The standard InChI is InChI=1S/C14H21N3O/c1-2-8-17-13(18)16-12(15)14(17)7-3-4-11(9-14)10-5-6-10/h2,10-11H,1,3-9H2,(H2,15,16,18). The minimum absolute atomic E-state index is 0.177. The van der Waals surface area contributed by atoms with Crippen LogP contribution in [0, 0.1) is 11.8 Å². The van der Waals surface area contributed by atoms with Gasteiger partial charge in [0, 0.05) is 6.54 Å². The summed E-state index contributed by atoms with van der Waals surface area (Å²) in [4.78, 5) is 17.8. The Balaban J connectivity index is 1.87. The zero-order valence-corrected chi connectivity index (χ0v) is 10.8. The predicted octanol–water partition coefficient (Wildman–Crippen LogP) is 2.30. The van der Waals surface area contributed by atoms with Crippen molar-refractivity contribution in [3.63, 3.8) is 0 Å². The molecular formula is C14H21N3O. The highest BCUT2D eigenvalue weighted by Gasteiger charge is 2.52. The highest BCUT2D eigenvalue weighted by Crippen LogP contribution is 2.49. The maximum absolute atomic E-state index is 12.0. The van der Waals surface area contributed by atoms with Crippen LogP contribution in [0.3, 0.4) is 0 Å². The van der Waals surface area contributed by atoms with Crippen molar-refractivity contribution in [3.05, 3.63) is 12.7 Å². The van der Waals surface area contributed by atoms with Crippen LogP contribution in [0.2, 0.25) is 0 Å². The van der Waals surface area contributed by atoms with Crippen LogP contribution in [-0.4, -0.2) is 28.9 Å². The molecule has 4 heteroatoms. The van der Waals surface area contributed by atoms with Crippen molar-refractivity contribution >= 4 is 11.9 Å². The van der Waals surface area contributed by atoms with Crippen molar-refractivity contribution in [1.29, 1.82) is 0 Å². The highest BCUT2D eigenvalue weighted by atomic mass is 16.2. The summed E-state index contributed by atoms with van der Waals surface area (Å²) in [5.74, 6) is 2.14. The lowest BCUT2D eigenvalue weighted by Crippen LogP contribution is -2.56. The zero-order valence-electron chi connectivity index (χ0n) is 10.8. The number of carbonyl (C=O) groups excluding carboxylic acids is 1. The van der Waals surface area contributed by atoms with Crippen molar-refractivity contribution in [2.45, 2.75) is 44.1 Å². The van der Waals surface area contributed by atoms with Gasteiger partial charge in [-0.05, 0) is 43.9 Å². The normalized spacial score (nSPS) is 36.0. The van der Waals surface area contributed by atoms with Crippen molar-refractivity contribution in [2.24, 2.45) is 22.6 Å². The van der Waals surface area contributed by atoms with Crippen LogP contribution in [0.4, 0.5) is 4.79 Å². The van der Waals surface area contributed by atoms with E-state index < -0.39 is 0 Å². The first-order valence-electron chi connectivity index (χ1n) is 6.94. The van der Waals surface area contributed by atoms with Gasteiger partial charge in [-0.15, -0.1) is 6.58 Å². The third-order valence-corrected chi connectivity index (χ3v) is 4.81. The number of hydrogen-bond acceptors (Lipinski definition) is 2. The molecule has 0 bridgehead atoms. The molecule has 1 aliphatic heterocycles. The van der Waals surface area contributed by atoms with Gasteiger partial charge in [0.05, 0.1) is 0 Å². The molecule has 0 aromatic carbocycles.